The van der Waals surface area contributed by atoms with Crippen molar-refractivity contribution in [2.45, 2.75) is 13.1 Å². The standard InChI is InChI=1S/C23H23N3/c24-16-19-5-3-6-20(15-19)17-25-11-13-26(14-12-25)18-22-9-4-8-21-7-1-2-10-23(21)22/h1-10,15H,11-14,17-18H2/p+2. The molecule has 1 aliphatic heterocycles. The van der Waals surface area contributed by atoms with Gasteiger partial charge in [-0.1, -0.05) is 54.6 Å². The van der Waals surface area contributed by atoms with E-state index in [0.29, 0.717) is 0 Å². The zero-order chi connectivity index (χ0) is 17.8. The van der Waals surface area contributed by atoms with Crippen molar-refractivity contribution >= 4 is 10.8 Å². The Balaban J connectivity index is 1.37. The first-order chi connectivity index (χ1) is 12.8. The Morgan fingerprint density at radius 2 is 1.46 bits per heavy atom. The molecule has 3 heteroatoms. The van der Waals surface area contributed by atoms with Crippen LogP contribution in [0.2, 0.25) is 0 Å². The van der Waals surface area contributed by atoms with Crippen LogP contribution in [0.15, 0.2) is 66.7 Å². The summed E-state index contributed by atoms with van der Waals surface area (Å²) in [5.41, 5.74) is 3.50. The summed E-state index contributed by atoms with van der Waals surface area (Å²) in [5, 5.41) is 11.8. The predicted octanol–water partition coefficient (Wildman–Crippen LogP) is 1.20. The highest BCUT2D eigenvalue weighted by molar-refractivity contribution is 5.85. The van der Waals surface area contributed by atoms with Crippen LogP contribution in [-0.2, 0) is 13.1 Å². The molecule has 0 bridgehead atoms. The van der Waals surface area contributed by atoms with Gasteiger partial charge in [0, 0.05) is 11.1 Å². The van der Waals surface area contributed by atoms with Gasteiger partial charge in [-0.15, -0.1) is 0 Å². The molecule has 0 aliphatic carbocycles. The summed E-state index contributed by atoms with van der Waals surface area (Å²) in [6.07, 6.45) is 0. The summed E-state index contributed by atoms with van der Waals surface area (Å²) in [6, 6.07) is 25.6. The second-order valence-corrected chi connectivity index (χ2v) is 7.30. The number of nitrogens with one attached hydrogen (secondary N) is 2. The van der Waals surface area contributed by atoms with E-state index in [-0.39, 0.29) is 0 Å². The molecule has 130 valence electrons. The Morgan fingerprint density at radius 3 is 2.27 bits per heavy atom. The fourth-order valence-corrected chi connectivity index (χ4v) is 4.07. The number of benzene rings is 3. The molecule has 1 fully saturated rings. The Hall–Kier alpha value is -2.67. The molecule has 0 saturated carbocycles. The molecule has 4 rings (SSSR count). The molecule has 3 aromatic rings. The summed E-state index contributed by atoms with van der Waals surface area (Å²) in [4.78, 5) is 3.30. The maximum absolute atomic E-state index is 9.06. The highest BCUT2D eigenvalue weighted by atomic mass is 15.3. The average Bonchev–Trinajstić information content (AvgIpc) is 2.70. The van der Waals surface area contributed by atoms with Gasteiger partial charge in [0.15, 0.2) is 0 Å². The van der Waals surface area contributed by atoms with E-state index < -0.39 is 0 Å². The largest absolute Gasteiger partial charge is 0.322 e. The summed E-state index contributed by atoms with van der Waals surface area (Å²) in [7, 11) is 0. The first kappa shape index (κ1) is 16.8. The van der Waals surface area contributed by atoms with Crippen LogP contribution in [0.1, 0.15) is 16.7 Å². The van der Waals surface area contributed by atoms with Crippen LogP contribution >= 0.6 is 0 Å². The third-order valence-electron chi connectivity index (χ3n) is 5.49. The van der Waals surface area contributed by atoms with Crippen molar-refractivity contribution in [2.75, 3.05) is 26.2 Å². The highest BCUT2D eigenvalue weighted by Crippen LogP contribution is 2.17. The molecule has 0 aromatic heterocycles. The fourth-order valence-electron chi connectivity index (χ4n) is 4.07. The van der Waals surface area contributed by atoms with Crippen molar-refractivity contribution in [3.05, 3.63) is 83.4 Å². The summed E-state index contributed by atoms with van der Waals surface area (Å²) < 4.78 is 0. The van der Waals surface area contributed by atoms with Crippen LogP contribution in [0.5, 0.6) is 0 Å². The zero-order valence-corrected chi connectivity index (χ0v) is 15.0. The van der Waals surface area contributed by atoms with Crippen LogP contribution in [0.4, 0.5) is 0 Å². The molecule has 3 aromatic carbocycles. The monoisotopic (exact) mass is 343 g/mol. The Morgan fingerprint density at radius 1 is 0.769 bits per heavy atom. The number of fused-ring (bicyclic) bond motifs is 1. The quantitative estimate of drug-likeness (QED) is 0.733. The molecule has 0 radical (unpaired) electrons. The molecular weight excluding hydrogens is 318 g/mol. The van der Waals surface area contributed by atoms with Gasteiger partial charge < -0.3 is 9.80 Å². The lowest BCUT2D eigenvalue weighted by atomic mass is 10.0. The summed E-state index contributed by atoms with van der Waals surface area (Å²) >= 11 is 0. The van der Waals surface area contributed by atoms with E-state index >= 15 is 0 Å². The number of nitrogens with zero attached hydrogens (tertiary/aromatic N) is 1. The Kier molecular flexibility index (Phi) is 4.97. The van der Waals surface area contributed by atoms with Gasteiger partial charge in [0.1, 0.15) is 39.3 Å². The second-order valence-electron chi connectivity index (χ2n) is 7.30. The lowest BCUT2D eigenvalue weighted by molar-refractivity contribution is -1.02. The smallest absolute Gasteiger partial charge is 0.127 e. The van der Waals surface area contributed by atoms with Crippen LogP contribution < -0.4 is 9.80 Å². The number of quaternary nitrogens is 2. The number of hydrogen-bond donors (Lipinski definition) is 2. The number of piperazine rings is 1. The number of nitriles is 1. The van der Waals surface area contributed by atoms with Gasteiger partial charge in [-0.3, -0.25) is 0 Å². The van der Waals surface area contributed by atoms with E-state index in [0.717, 1.165) is 18.7 Å². The van der Waals surface area contributed by atoms with Gasteiger partial charge in [0.2, 0.25) is 0 Å². The second kappa shape index (κ2) is 7.70. The van der Waals surface area contributed by atoms with E-state index in [1.807, 2.05) is 18.2 Å². The van der Waals surface area contributed by atoms with Crippen molar-refractivity contribution in [2.24, 2.45) is 0 Å². The SMILES string of the molecule is N#Cc1cccc(C[NH+]2CC[NH+](Cc3cccc4ccccc34)CC2)c1. The van der Waals surface area contributed by atoms with E-state index in [1.165, 1.54) is 48.1 Å². The molecule has 0 atom stereocenters. The van der Waals surface area contributed by atoms with Gasteiger partial charge in [0.05, 0.1) is 11.6 Å². The summed E-state index contributed by atoms with van der Waals surface area (Å²) in [6.45, 7) is 6.93. The van der Waals surface area contributed by atoms with Crippen molar-refractivity contribution < 1.29 is 9.80 Å². The maximum Gasteiger partial charge on any atom is 0.127 e. The lowest BCUT2D eigenvalue weighted by Crippen LogP contribution is -3.27. The van der Waals surface area contributed by atoms with E-state index in [1.54, 1.807) is 9.80 Å². The van der Waals surface area contributed by atoms with Gasteiger partial charge in [-0.05, 0) is 22.9 Å². The van der Waals surface area contributed by atoms with Crippen LogP contribution in [-0.4, -0.2) is 26.2 Å². The fraction of sp³-hybridized carbons (Fsp3) is 0.261. The lowest BCUT2D eigenvalue weighted by Gasteiger charge is -2.30. The molecule has 1 heterocycles. The third kappa shape index (κ3) is 3.77. The molecule has 0 unspecified atom stereocenters. The molecule has 3 nitrogen and oxygen atoms in total. The van der Waals surface area contributed by atoms with Gasteiger partial charge in [-0.2, -0.15) is 5.26 Å². The minimum absolute atomic E-state index is 0.766. The first-order valence-electron chi connectivity index (χ1n) is 9.44. The maximum atomic E-state index is 9.06. The molecular formula is C23H25N3+2. The molecule has 26 heavy (non-hydrogen) atoms. The van der Waals surface area contributed by atoms with Crippen LogP contribution in [0.25, 0.3) is 10.8 Å². The summed E-state index contributed by atoms with van der Waals surface area (Å²) in [5.74, 6) is 0. The highest BCUT2D eigenvalue weighted by Gasteiger charge is 2.23. The molecule has 2 N–H and O–H groups in total. The average molecular weight is 343 g/mol. The van der Waals surface area contributed by atoms with Crippen LogP contribution in [0.3, 0.4) is 0 Å². The van der Waals surface area contributed by atoms with E-state index in [4.69, 9.17) is 5.26 Å². The van der Waals surface area contributed by atoms with Gasteiger partial charge >= 0.3 is 0 Å². The Bertz CT molecular complexity index is 928. The minimum atomic E-state index is 0.766. The van der Waals surface area contributed by atoms with Crippen molar-refractivity contribution in [1.29, 1.82) is 5.26 Å². The van der Waals surface area contributed by atoms with Gasteiger partial charge in [0.25, 0.3) is 0 Å². The topological polar surface area (TPSA) is 32.7 Å². The first-order valence-corrected chi connectivity index (χ1v) is 9.44. The minimum Gasteiger partial charge on any atom is -0.322 e. The third-order valence-corrected chi connectivity index (χ3v) is 5.49. The van der Waals surface area contributed by atoms with Crippen molar-refractivity contribution in [1.82, 2.24) is 0 Å². The van der Waals surface area contributed by atoms with Crippen molar-refractivity contribution in [3.8, 4) is 6.07 Å². The molecule has 0 spiro atoms. The molecule has 0 amide bonds. The molecule has 1 saturated heterocycles. The number of rotatable bonds is 4. The number of hydrogen-bond acceptors (Lipinski definition) is 1. The van der Waals surface area contributed by atoms with Crippen molar-refractivity contribution in [3.63, 3.8) is 0 Å². The van der Waals surface area contributed by atoms with Gasteiger partial charge in [-0.25, -0.2) is 0 Å². The van der Waals surface area contributed by atoms with E-state index in [9.17, 15) is 0 Å². The zero-order valence-electron chi connectivity index (χ0n) is 15.0. The molecule has 1 aliphatic rings. The predicted molar refractivity (Wildman–Crippen MR) is 104 cm³/mol. The van der Waals surface area contributed by atoms with Crippen LogP contribution in [0, 0.1) is 11.3 Å². The van der Waals surface area contributed by atoms with E-state index in [2.05, 4.69) is 54.6 Å². The Labute approximate surface area is 155 Å². The normalized spacial score (nSPS) is 20.0.